The number of ether oxygens (including phenoxy) is 1. The van der Waals surface area contributed by atoms with Gasteiger partial charge < -0.3 is 14.5 Å². The molecule has 2 heterocycles. The van der Waals surface area contributed by atoms with Crippen LogP contribution in [-0.4, -0.2) is 18.8 Å². The average Bonchev–Trinajstić information content (AvgIpc) is 2.64. The van der Waals surface area contributed by atoms with Crippen LogP contribution in [0.3, 0.4) is 0 Å². The number of nitrogens with one attached hydrogen (secondary N) is 1. The van der Waals surface area contributed by atoms with E-state index in [1.165, 1.54) is 19.1 Å². The van der Waals surface area contributed by atoms with E-state index in [0.29, 0.717) is 17.0 Å². The second-order valence-corrected chi connectivity index (χ2v) is 6.86. The second-order valence-electron chi connectivity index (χ2n) is 6.86. The quantitative estimate of drug-likeness (QED) is 0.594. The van der Waals surface area contributed by atoms with Crippen molar-refractivity contribution in [3.63, 3.8) is 0 Å². The van der Waals surface area contributed by atoms with Gasteiger partial charge in [-0.1, -0.05) is 12.1 Å². The topological polar surface area (TPSA) is 72.9 Å². The van der Waals surface area contributed by atoms with Crippen LogP contribution >= 0.6 is 0 Å². The number of dihydropyridines is 1. The third-order valence-corrected chi connectivity index (χ3v) is 4.65. The lowest BCUT2D eigenvalue weighted by molar-refractivity contribution is -0.183. The Balaban J connectivity index is 2.24. The first-order valence-corrected chi connectivity index (χ1v) is 8.86. The molecular formula is C21H17F3N2O4. The van der Waals surface area contributed by atoms with Gasteiger partial charge >= 0.3 is 12.1 Å². The number of halogens is 3. The summed E-state index contributed by atoms with van der Waals surface area (Å²) in [6.45, 7) is 10.5. The summed E-state index contributed by atoms with van der Waals surface area (Å²) in [6.07, 6.45) is -4.69. The van der Waals surface area contributed by atoms with E-state index < -0.39 is 24.7 Å². The maximum absolute atomic E-state index is 12.6. The van der Waals surface area contributed by atoms with Gasteiger partial charge in [-0.2, -0.15) is 13.2 Å². The molecule has 0 radical (unpaired) electrons. The van der Waals surface area contributed by atoms with Crippen molar-refractivity contribution in [2.45, 2.75) is 32.9 Å². The molecule has 3 rings (SSSR count). The first-order chi connectivity index (χ1) is 14.0. The normalized spacial score (nSPS) is 17.0. The monoisotopic (exact) mass is 418 g/mol. The smallest absolute Gasteiger partial charge is 0.422 e. The van der Waals surface area contributed by atoms with E-state index in [1.54, 1.807) is 26.0 Å². The van der Waals surface area contributed by atoms with Crippen LogP contribution in [0.25, 0.3) is 15.8 Å². The van der Waals surface area contributed by atoms with Crippen LogP contribution < -0.4 is 10.7 Å². The van der Waals surface area contributed by atoms with Gasteiger partial charge in [-0.3, -0.25) is 4.79 Å². The number of nitrogens with zero attached hydrogens (tertiary/aromatic N) is 1. The van der Waals surface area contributed by atoms with Crippen LogP contribution in [0, 0.1) is 13.5 Å². The minimum absolute atomic E-state index is 0.0937. The van der Waals surface area contributed by atoms with E-state index >= 15 is 0 Å². The SMILES string of the molecule is [C-]#[N+]C1=C(C)NC(C)=C(C(=O)OCC(F)(F)F)C1c1cccc2c(=O)cc(C)oc12. The Morgan fingerprint density at radius 2 is 1.97 bits per heavy atom. The molecule has 0 amide bonds. The van der Waals surface area contributed by atoms with Crippen LogP contribution in [0.1, 0.15) is 31.1 Å². The van der Waals surface area contributed by atoms with Crippen molar-refractivity contribution in [3.8, 4) is 0 Å². The highest BCUT2D eigenvalue weighted by Gasteiger charge is 2.38. The molecule has 0 spiro atoms. The first-order valence-electron chi connectivity index (χ1n) is 8.86. The standard InChI is InChI=1S/C21H17F3N2O4/c1-10-8-15(27)13-6-5-7-14(19(13)30-10)17-16(20(28)29-9-21(22,23)24)11(2)26-12(3)18(17)25-4/h5-8,17,26H,9H2,1-3H3. The number of esters is 1. The Kier molecular flexibility index (Phi) is 5.44. The van der Waals surface area contributed by atoms with Gasteiger partial charge in [0.1, 0.15) is 11.3 Å². The fourth-order valence-corrected chi connectivity index (χ4v) is 3.47. The van der Waals surface area contributed by atoms with Crippen LogP contribution in [0.15, 0.2) is 56.1 Å². The Labute approximate surface area is 169 Å². The third-order valence-electron chi connectivity index (χ3n) is 4.65. The summed E-state index contributed by atoms with van der Waals surface area (Å²) in [5, 5.41) is 3.09. The number of alkyl halides is 3. The highest BCUT2D eigenvalue weighted by molar-refractivity contribution is 5.94. The molecule has 1 aliphatic heterocycles. The van der Waals surface area contributed by atoms with Gasteiger partial charge in [0, 0.05) is 17.5 Å². The summed E-state index contributed by atoms with van der Waals surface area (Å²) >= 11 is 0. The molecule has 1 aromatic carbocycles. The maximum atomic E-state index is 12.6. The van der Waals surface area contributed by atoms with Gasteiger partial charge in [0.15, 0.2) is 17.7 Å². The second kappa shape index (κ2) is 7.71. The Morgan fingerprint density at radius 3 is 2.60 bits per heavy atom. The third kappa shape index (κ3) is 3.94. The van der Waals surface area contributed by atoms with E-state index in [4.69, 9.17) is 11.0 Å². The number of benzene rings is 1. The predicted octanol–water partition coefficient (Wildman–Crippen LogP) is 4.32. The molecule has 9 heteroatoms. The lowest BCUT2D eigenvalue weighted by atomic mass is 9.83. The molecule has 2 aromatic rings. The van der Waals surface area contributed by atoms with Crippen LogP contribution in [-0.2, 0) is 9.53 Å². The molecular weight excluding hydrogens is 401 g/mol. The van der Waals surface area contributed by atoms with Gasteiger partial charge in [0.25, 0.3) is 0 Å². The molecule has 1 atom stereocenters. The predicted molar refractivity (Wildman–Crippen MR) is 102 cm³/mol. The first kappa shape index (κ1) is 21.2. The lowest BCUT2D eigenvalue weighted by Crippen LogP contribution is -2.30. The number of carbonyl (C=O) groups excluding carboxylic acids is 1. The van der Waals surface area contributed by atoms with Gasteiger partial charge in [-0.05, 0) is 32.4 Å². The summed E-state index contributed by atoms with van der Waals surface area (Å²) in [5.74, 6) is -1.94. The Bertz CT molecular complexity index is 1200. The van der Waals surface area contributed by atoms with E-state index in [-0.39, 0.29) is 33.4 Å². The number of hydrogen-bond donors (Lipinski definition) is 1. The summed E-state index contributed by atoms with van der Waals surface area (Å²) < 4.78 is 48.0. The summed E-state index contributed by atoms with van der Waals surface area (Å²) in [7, 11) is 0. The zero-order chi connectivity index (χ0) is 22.2. The van der Waals surface area contributed by atoms with Crippen molar-refractivity contribution in [1.82, 2.24) is 5.32 Å². The van der Waals surface area contributed by atoms with Crippen molar-refractivity contribution in [1.29, 1.82) is 0 Å². The summed E-state index contributed by atoms with van der Waals surface area (Å²) in [4.78, 5) is 28.5. The van der Waals surface area contributed by atoms with Crippen molar-refractivity contribution in [3.05, 3.63) is 79.9 Å². The Hall–Kier alpha value is -3.54. The van der Waals surface area contributed by atoms with Crippen LogP contribution in [0.2, 0.25) is 0 Å². The van der Waals surface area contributed by atoms with Crippen molar-refractivity contribution in [2.75, 3.05) is 6.61 Å². The molecule has 1 unspecified atom stereocenters. The molecule has 1 aromatic heterocycles. The summed E-state index contributed by atoms with van der Waals surface area (Å²) in [6, 6.07) is 5.99. The molecule has 0 fully saturated rings. The van der Waals surface area contributed by atoms with Gasteiger partial charge in [0.05, 0.1) is 23.4 Å². The average molecular weight is 418 g/mol. The van der Waals surface area contributed by atoms with Gasteiger partial charge in [-0.15, -0.1) is 0 Å². The number of allylic oxidation sites excluding steroid dienone is 3. The number of rotatable bonds is 3. The molecule has 0 aliphatic carbocycles. The van der Waals surface area contributed by atoms with Gasteiger partial charge in [-0.25, -0.2) is 9.64 Å². The lowest BCUT2D eigenvalue weighted by Gasteiger charge is -2.28. The highest BCUT2D eigenvalue weighted by Crippen LogP contribution is 2.41. The number of carbonyl (C=O) groups is 1. The minimum atomic E-state index is -4.69. The number of fused-ring (bicyclic) bond motifs is 1. The van der Waals surface area contributed by atoms with E-state index in [0.717, 1.165) is 0 Å². The fourth-order valence-electron chi connectivity index (χ4n) is 3.47. The van der Waals surface area contributed by atoms with Crippen molar-refractivity contribution >= 4 is 16.9 Å². The molecule has 0 saturated heterocycles. The molecule has 30 heavy (non-hydrogen) atoms. The van der Waals surface area contributed by atoms with Crippen molar-refractivity contribution < 1.29 is 27.1 Å². The van der Waals surface area contributed by atoms with E-state index in [2.05, 4.69) is 14.9 Å². The highest BCUT2D eigenvalue weighted by atomic mass is 19.4. The molecule has 0 bridgehead atoms. The molecule has 0 saturated carbocycles. The molecule has 1 aliphatic rings. The number of hydrogen-bond acceptors (Lipinski definition) is 5. The van der Waals surface area contributed by atoms with Gasteiger partial charge in [0.2, 0.25) is 0 Å². The van der Waals surface area contributed by atoms with Crippen molar-refractivity contribution in [2.24, 2.45) is 0 Å². The number of para-hydroxylation sites is 1. The maximum Gasteiger partial charge on any atom is 0.422 e. The fraction of sp³-hybridized carbons (Fsp3) is 0.286. The van der Waals surface area contributed by atoms with E-state index in [9.17, 15) is 22.8 Å². The Morgan fingerprint density at radius 1 is 1.27 bits per heavy atom. The minimum Gasteiger partial charge on any atom is -0.461 e. The summed E-state index contributed by atoms with van der Waals surface area (Å²) in [5.41, 5.74) is 0.812. The molecule has 156 valence electrons. The van der Waals surface area contributed by atoms with Crippen LogP contribution in [0.4, 0.5) is 13.2 Å². The zero-order valence-corrected chi connectivity index (χ0v) is 16.3. The zero-order valence-electron chi connectivity index (χ0n) is 16.3. The van der Waals surface area contributed by atoms with E-state index in [1.807, 2.05) is 0 Å². The molecule has 6 nitrogen and oxygen atoms in total. The van der Waals surface area contributed by atoms with Crippen LogP contribution in [0.5, 0.6) is 0 Å². The number of aryl methyl sites for hydroxylation is 1. The largest absolute Gasteiger partial charge is 0.461 e. The molecule has 1 N–H and O–H groups in total.